The van der Waals surface area contributed by atoms with Crippen LogP contribution in [0.5, 0.6) is 11.5 Å². The third kappa shape index (κ3) is 5.88. The van der Waals surface area contributed by atoms with E-state index in [1.807, 2.05) is 24.3 Å². The van der Waals surface area contributed by atoms with Crippen molar-refractivity contribution in [2.75, 3.05) is 0 Å². The Hall–Kier alpha value is -1.96. The fraction of sp³-hybridized carbons (Fsp3) is 0.600. The molecule has 2 aromatic rings. The molecule has 2 N–H and O–H groups in total. The molecule has 0 bridgehead atoms. The van der Waals surface area contributed by atoms with Crippen molar-refractivity contribution < 1.29 is 10.2 Å². The van der Waals surface area contributed by atoms with E-state index in [-0.39, 0.29) is 21.7 Å². The summed E-state index contributed by atoms with van der Waals surface area (Å²) in [6.07, 6.45) is 1.80. The molecule has 0 aromatic heterocycles. The molecule has 0 saturated carbocycles. The molecule has 0 spiro atoms. The van der Waals surface area contributed by atoms with E-state index < -0.39 is 0 Å². The minimum atomic E-state index is -0.0667. The summed E-state index contributed by atoms with van der Waals surface area (Å²) in [7, 11) is 0. The van der Waals surface area contributed by atoms with Gasteiger partial charge in [-0.3, -0.25) is 0 Å². The molecule has 0 radical (unpaired) electrons. The van der Waals surface area contributed by atoms with Gasteiger partial charge in [0.25, 0.3) is 0 Å². The third-order valence-electron chi connectivity index (χ3n) is 6.33. The van der Waals surface area contributed by atoms with E-state index in [0.29, 0.717) is 11.5 Å². The van der Waals surface area contributed by atoms with Crippen LogP contribution >= 0.6 is 0 Å². The molecule has 0 amide bonds. The van der Waals surface area contributed by atoms with Crippen LogP contribution in [0.25, 0.3) is 0 Å². The molecule has 32 heavy (non-hydrogen) atoms. The zero-order valence-corrected chi connectivity index (χ0v) is 22.6. The van der Waals surface area contributed by atoms with Gasteiger partial charge in [0.05, 0.1) is 0 Å². The van der Waals surface area contributed by atoms with Gasteiger partial charge in [0, 0.05) is 0 Å². The topological polar surface area (TPSA) is 40.5 Å². The molecule has 2 aromatic carbocycles. The average molecular weight is 439 g/mol. The highest BCUT2D eigenvalue weighted by Crippen LogP contribution is 2.41. The molecule has 0 fully saturated rings. The Morgan fingerprint density at radius 1 is 0.438 bits per heavy atom. The second-order valence-electron chi connectivity index (χ2n) is 13.5. The van der Waals surface area contributed by atoms with E-state index in [4.69, 9.17) is 0 Å². The number of phenolic OH excluding ortho intramolecular Hbond substituents is 2. The first-order valence-electron chi connectivity index (χ1n) is 12.0. The van der Waals surface area contributed by atoms with Crippen LogP contribution in [0.15, 0.2) is 24.3 Å². The van der Waals surface area contributed by atoms with Gasteiger partial charge in [-0.15, -0.1) is 0 Å². The quantitative estimate of drug-likeness (QED) is 0.508. The van der Waals surface area contributed by atoms with Crippen molar-refractivity contribution in [3.05, 3.63) is 57.6 Å². The number of hydrogen-bond donors (Lipinski definition) is 2. The maximum atomic E-state index is 10.5. The lowest BCUT2D eigenvalue weighted by atomic mass is 9.72. The Bertz CT molecular complexity index is 816. The van der Waals surface area contributed by atoms with Gasteiger partial charge in [-0.25, -0.2) is 0 Å². The maximum absolute atomic E-state index is 10.5. The van der Waals surface area contributed by atoms with E-state index in [0.717, 1.165) is 12.8 Å². The molecule has 0 saturated heterocycles. The molecule has 0 atom stereocenters. The molecule has 178 valence electrons. The molecule has 0 unspecified atom stereocenters. The van der Waals surface area contributed by atoms with Gasteiger partial charge in [-0.2, -0.15) is 0 Å². The van der Waals surface area contributed by atoms with Gasteiger partial charge in [0.2, 0.25) is 0 Å². The SMILES string of the molecule is CC(C)(C)c1cc(O)cc(C(C)(C)C)c1CCc1c(C(C)(C)C)cc(O)cc1C(C)(C)C. The van der Waals surface area contributed by atoms with Crippen molar-refractivity contribution in [1.82, 2.24) is 0 Å². The predicted octanol–water partition coefficient (Wildman–Crippen LogP) is 8.07. The normalized spacial score (nSPS) is 13.5. The average Bonchev–Trinajstić information content (AvgIpc) is 2.56. The predicted molar refractivity (Wildman–Crippen MR) is 138 cm³/mol. The minimum absolute atomic E-state index is 0.0667. The summed E-state index contributed by atoms with van der Waals surface area (Å²) in [5, 5.41) is 21.1. The highest BCUT2D eigenvalue weighted by Gasteiger charge is 2.29. The molecular weight excluding hydrogens is 392 g/mol. The standard InChI is InChI=1S/C30H46O2/c1-27(2,3)23-15-19(31)16-24(28(4,5)6)21(23)13-14-22-25(29(7,8)9)17-20(32)18-26(22)30(10,11)12/h15-18,31-32H,13-14H2,1-12H3. The summed E-state index contributed by atoms with van der Waals surface area (Å²) in [6.45, 7) is 26.7. The van der Waals surface area contributed by atoms with Crippen LogP contribution < -0.4 is 0 Å². The zero-order valence-electron chi connectivity index (χ0n) is 22.6. The molecule has 0 aliphatic rings. The largest absolute Gasteiger partial charge is 0.508 e. The van der Waals surface area contributed by atoms with E-state index in [1.165, 1.54) is 33.4 Å². The zero-order chi connectivity index (χ0) is 24.9. The molecule has 0 aliphatic heterocycles. The van der Waals surface area contributed by atoms with Crippen molar-refractivity contribution in [3.8, 4) is 11.5 Å². The lowest BCUT2D eigenvalue weighted by Gasteiger charge is -2.33. The Labute approximate surface area is 197 Å². The summed E-state index contributed by atoms with van der Waals surface area (Å²) in [6, 6.07) is 7.82. The van der Waals surface area contributed by atoms with E-state index in [9.17, 15) is 10.2 Å². The number of rotatable bonds is 3. The van der Waals surface area contributed by atoms with Gasteiger partial charge < -0.3 is 10.2 Å². The van der Waals surface area contributed by atoms with Crippen LogP contribution in [0.1, 0.15) is 116 Å². The first-order chi connectivity index (χ1) is 14.2. The summed E-state index contributed by atoms with van der Waals surface area (Å²) in [4.78, 5) is 0. The van der Waals surface area contributed by atoms with Crippen LogP contribution in [0, 0.1) is 0 Å². The second kappa shape index (κ2) is 8.43. The molecule has 2 rings (SSSR count). The molecule has 0 heterocycles. The monoisotopic (exact) mass is 438 g/mol. The van der Waals surface area contributed by atoms with Crippen LogP contribution in [0.4, 0.5) is 0 Å². The summed E-state index contributed by atoms with van der Waals surface area (Å²) < 4.78 is 0. The van der Waals surface area contributed by atoms with Crippen molar-refractivity contribution in [2.24, 2.45) is 0 Å². The fourth-order valence-electron chi connectivity index (χ4n) is 4.78. The van der Waals surface area contributed by atoms with Crippen LogP contribution in [-0.4, -0.2) is 10.2 Å². The summed E-state index contributed by atoms with van der Waals surface area (Å²) in [5.74, 6) is 0.693. The van der Waals surface area contributed by atoms with Crippen molar-refractivity contribution in [2.45, 2.75) is 118 Å². The maximum Gasteiger partial charge on any atom is 0.116 e. The highest BCUT2D eigenvalue weighted by atomic mass is 16.3. The van der Waals surface area contributed by atoms with Crippen LogP contribution in [-0.2, 0) is 34.5 Å². The minimum Gasteiger partial charge on any atom is -0.508 e. The van der Waals surface area contributed by atoms with Gasteiger partial charge >= 0.3 is 0 Å². The van der Waals surface area contributed by atoms with Gasteiger partial charge in [-0.05, 0) is 92.1 Å². The number of aromatic hydroxyl groups is 2. The first-order valence-corrected chi connectivity index (χ1v) is 12.0. The summed E-state index contributed by atoms with van der Waals surface area (Å²) in [5.41, 5.74) is 7.29. The third-order valence-corrected chi connectivity index (χ3v) is 6.33. The molecule has 2 heteroatoms. The second-order valence-corrected chi connectivity index (χ2v) is 13.5. The van der Waals surface area contributed by atoms with E-state index >= 15 is 0 Å². The van der Waals surface area contributed by atoms with Gasteiger partial charge in [-0.1, -0.05) is 83.1 Å². The number of benzene rings is 2. The van der Waals surface area contributed by atoms with Gasteiger partial charge in [0.1, 0.15) is 11.5 Å². The van der Waals surface area contributed by atoms with Crippen LogP contribution in [0.2, 0.25) is 0 Å². The van der Waals surface area contributed by atoms with Crippen molar-refractivity contribution in [3.63, 3.8) is 0 Å². The number of hydrogen-bond acceptors (Lipinski definition) is 2. The Kier molecular flexibility index (Phi) is 6.93. The van der Waals surface area contributed by atoms with E-state index in [2.05, 4.69) is 83.1 Å². The van der Waals surface area contributed by atoms with E-state index in [1.54, 1.807) is 0 Å². The van der Waals surface area contributed by atoms with Crippen molar-refractivity contribution in [1.29, 1.82) is 0 Å². The van der Waals surface area contributed by atoms with Crippen molar-refractivity contribution >= 4 is 0 Å². The molecule has 2 nitrogen and oxygen atoms in total. The molecular formula is C30H46O2. The lowest BCUT2D eigenvalue weighted by molar-refractivity contribution is 0.461. The Morgan fingerprint density at radius 3 is 0.781 bits per heavy atom. The van der Waals surface area contributed by atoms with Crippen LogP contribution in [0.3, 0.4) is 0 Å². The lowest BCUT2D eigenvalue weighted by Crippen LogP contribution is -2.24. The molecule has 0 aliphatic carbocycles. The first kappa shape index (κ1) is 26.3. The van der Waals surface area contributed by atoms with Gasteiger partial charge in [0.15, 0.2) is 0 Å². The Morgan fingerprint density at radius 2 is 0.625 bits per heavy atom. The summed E-state index contributed by atoms with van der Waals surface area (Å²) >= 11 is 0. The number of phenols is 2. The smallest absolute Gasteiger partial charge is 0.116 e. The highest BCUT2D eigenvalue weighted by molar-refractivity contribution is 5.51. The fourth-order valence-corrected chi connectivity index (χ4v) is 4.78. The Balaban J connectivity index is 2.75.